The highest BCUT2D eigenvalue weighted by molar-refractivity contribution is 7.99. The van der Waals surface area contributed by atoms with Gasteiger partial charge in [0.1, 0.15) is 11.1 Å². The number of alkyl carbamates (subject to hydrolysis) is 1. The van der Waals surface area contributed by atoms with Crippen molar-refractivity contribution in [1.29, 1.82) is 0 Å². The Kier molecular flexibility index (Phi) is 7.64. The number of amides is 1. The van der Waals surface area contributed by atoms with Crippen LogP contribution >= 0.6 is 35.0 Å². The summed E-state index contributed by atoms with van der Waals surface area (Å²) in [5.74, 6) is 0.0393. The Morgan fingerprint density at radius 2 is 1.87 bits per heavy atom. The number of H-pyrrole nitrogens is 1. The Labute approximate surface area is 189 Å². The third kappa shape index (κ3) is 5.68. The van der Waals surface area contributed by atoms with Crippen molar-refractivity contribution in [2.24, 2.45) is 5.92 Å². The second-order valence-electron chi connectivity index (χ2n) is 6.98. The molecule has 0 aliphatic carbocycles. The second-order valence-corrected chi connectivity index (χ2v) is 8.92. The number of hydrogen-bond donors (Lipinski definition) is 2. The fraction of sp³-hybridized carbons (Fsp3) is 0.286. The van der Waals surface area contributed by atoms with Gasteiger partial charge in [0.15, 0.2) is 0 Å². The SMILES string of the molecule is CNC(=O)OC(c1[nH]nc(Sc2cc(Cl)cc(Cl)c2)c1Cc1ccncc1)C(C)C. The first kappa shape index (κ1) is 22.5. The molecular formula is C21H22Cl2N4O2S. The normalized spacial score (nSPS) is 12.1. The maximum absolute atomic E-state index is 11.9. The predicted molar refractivity (Wildman–Crippen MR) is 119 cm³/mol. The molecule has 1 aromatic carbocycles. The van der Waals surface area contributed by atoms with E-state index in [-0.39, 0.29) is 5.92 Å². The summed E-state index contributed by atoms with van der Waals surface area (Å²) >= 11 is 13.8. The van der Waals surface area contributed by atoms with Gasteiger partial charge in [0.2, 0.25) is 0 Å². The van der Waals surface area contributed by atoms with Gasteiger partial charge >= 0.3 is 6.09 Å². The molecule has 9 heteroatoms. The summed E-state index contributed by atoms with van der Waals surface area (Å²) in [6, 6.07) is 9.26. The fourth-order valence-electron chi connectivity index (χ4n) is 2.96. The summed E-state index contributed by atoms with van der Waals surface area (Å²) in [6.45, 7) is 3.99. The number of hydrogen-bond acceptors (Lipinski definition) is 5. The van der Waals surface area contributed by atoms with Gasteiger partial charge in [-0.15, -0.1) is 0 Å². The zero-order chi connectivity index (χ0) is 21.7. The quantitative estimate of drug-likeness (QED) is 0.454. The summed E-state index contributed by atoms with van der Waals surface area (Å²) in [5.41, 5.74) is 2.78. The lowest BCUT2D eigenvalue weighted by Crippen LogP contribution is -2.25. The molecule has 3 aromatic rings. The zero-order valence-electron chi connectivity index (χ0n) is 16.8. The molecule has 0 aliphatic rings. The molecule has 6 nitrogen and oxygen atoms in total. The van der Waals surface area contributed by atoms with E-state index in [0.717, 1.165) is 26.7 Å². The standard InChI is InChI=1S/C21H22Cl2N4O2S/c1-12(2)19(29-21(28)24-3)18-17(8-13-4-6-25-7-5-13)20(27-26-18)30-16-10-14(22)9-15(23)11-16/h4-7,9-12,19H,8H2,1-3H3,(H,24,28)(H,26,27). The van der Waals surface area contributed by atoms with Crippen LogP contribution in [-0.4, -0.2) is 28.3 Å². The molecule has 0 saturated heterocycles. The number of pyridine rings is 1. The Morgan fingerprint density at radius 3 is 2.47 bits per heavy atom. The van der Waals surface area contributed by atoms with E-state index in [1.165, 1.54) is 18.8 Å². The number of rotatable bonds is 7. The van der Waals surface area contributed by atoms with Crippen LogP contribution in [0.3, 0.4) is 0 Å². The highest BCUT2D eigenvalue weighted by Crippen LogP contribution is 2.38. The van der Waals surface area contributed by atoms with Gasteiger partial charge in [-0.3, -0.25) is 10.1 Å². The molecule has 0 bridgehead atoms. The molecule has 158 valence electrons. The van der Waals surface area contributed by atoms with E-state index in [1.807, 2.05) is 38.1 Å². The first-order valence-electron chi connectivity index (χ1n) is 9.35. The lowest BCUT2D eigenvalue weighted by Gasteiger charge is -2.21. The molecule has 30 heavy (non-hydrogen) atoms. The van der Waals surface area contributed by atoms with Gasteiger partial charge in [0.25, 0.3) is 0 Å². The molecule has 0 saturated carbocycles. The Morgan fingerprint density at radius 1 is 1.20 bits per heavy atom. The highest BCUT2D eigenvalue weighted by Gasteiger charge is 2.27. The molecule has 1 atom stereocenters. The lowest BCUT2D eigenvalue weighted by atomic mass is 9.98. The van der Waals surface area contributed by atoms with Gasteiger partial charge in [-0.25, -0.2) is 4.79 Å². The monoisotopic (exact) mass is 464 g/mol. The molecule has 0 aliphatic heterocycles. The number of benzene rings is 1. The van der Waals surface area contributed by atoms with Crippen LogP contribution < -0.4 is 5.32 Å². The van der Waals surface area contributed by atoms with Crippen LogP contribution in [0.1, 0.15) is 36.8 Å². The number of nitrogens with one attached hydrogen (secondary N) is 2. The topological polar surface area (TPSA) is 79.9 Å². The van der Waals surface area contributed by atoms with E-state index in [4.69, 9.17) is 27.9 Å². The molecule has 0 fully saturated rings. The first-order valence-corrected chi connectivity index (χ1v) is 10.9. The van der Waals surface area contributed by atoms with Crippen LogP contribution in [0.5, 0.6) is 0 Å². The minimum atomic E-state index is -0.492. The van der Waals surface area contributed by atoms with Crippen molar-refractivity contribution < 1.29 is 9.53 Å². The Bertz CT molecular complexity index is 991. The molecule has 2 aromatic heterocycles. The number of aromatic amines is 1. The van der Waals surface area contributed by atoms with Gasteiger partial charge in [-0.1, -0.05) is 48.8 Å². The van der Waals surface area contributed by atoms with E-state index in [1.54, 1.807) is 18.5 Å². The number of carbonyl (C=O) groups excluding carboxylic acids is 1. The predicted octanol–water partition coefficient (Wildman–Crippen LogP) is 5.91. The van der Waals surface area contributed by atoms with E-state index < -0.39 is 12.2 Å². The smallest absolute Gasteiger partial charge is 0.407 e. The number of ether oxygens (including phenoxy) is 1. The number of aromatic nitrogens is 3. The zero-order valence-corrected chi connectivity index (χ0v) is 19.1. The molecule has 2 heterocycles. The summed E-state index contributed by atoms with van der Waals surface area (Å²) in [4.78, 5) is 16.9. The van der Waals surface area contributed by atoms with Crippen LogP contribution in [0, 0.1) is 5.92 Å². The van der Waals surface area contributed by atoms with Crippen molar-refractivity contribution in [2.45, 2.75) is 36.3 Å². The molecule has 2 N–H and O–H groups in total. The van der Waals surface area contributed by atoms with Crippen molar-refractivity contribution >= 4 is 41.1 Å². The van der Waals surface area contributed by atoms with Gasteiger partial charge in [-0.2, -0.15) is 5.10 Å². The summed E-state index contributed by atoms with van der Waals surface area (Å²) in [6.07, 6.45) is 3.13. The van der Waals surface area contributed by atoms with Crippen LogP contribution in [0.15, 0.2) is 52.6 Å². The molecule has 1 unspecified atom stereocenters. The summed E-state index contributed by atoms with van der Waals surface area (Å²) in [5, 5.41) is 12.0. The molecule has 0 spiro atoms. The Hall–Kier alpha value is -2.22. The van der Waals surface area contributed by atoms with Crippen molar-refractivity contribution in [2.75, 3.05) is 7.05 Å². The third-order valence-electron chi connectivity index (χ3n) is 4.37. The van der Waals surface area contributed by atoms with E-state index in [9.17, 15) is 4.79 Å². The average molecular weight is 465 g/mol. The minimum Gasteiger partial charge on any atom is -0.439 e. The third-order valence-corrected chi connectivity index (χ3v) is 5.81. The van der Waals surface area contributed by atoms with Crippen molar-refractivity contribution in [3.05, 3.63) is 69.6 Å². The first-order chi connectivity index (χ1) is 14.4. The minimum absolute atomic E-state index is 0.0393. The van der Waals surface area contributed by atoms with E-state index >= 15 is 0 Å². The second kappa shape index (κ2) is 10.2. The van der Waals surface area contributed by atoms with Gasteiger partial charge in [0, 0.05) is 46.4 Å². The van der Waals surface area contributed by atoms with Gasteiger partial charge < -0.3 is 10.1 Å². The molecule has 3 rings (SSSR count). The Balaban J connectivity index is 2.02. The van der Waals surface area contributed by atoms with Crippen LogP contribution in [0.2, 0.25) is 10.0 Å². The largest absolute Gasteiger partial charge is 0.439 e. The maximum Gasteiger partial charge on any atom is 0.407 e. The van der Waals surface area contributed by atoms with Gasteiger partial charge in [-0.05, 0) is 41.8 Å². The number of nitrogens with zero attached hydrogens (tertiary/aromatic N) is 2. The fourth-order valence-corrected chi connectivity index (χ4v) is 4.61. The molecule has 0 radical (unpaired) electrons. The van der Waals surface area contributed by atoms with Crippen molar-refractivity contribution in [3.63, 3.8) is 0 Å². The number of carbonyl (C=O) groups is 1. The van der Waals surface area contributed by atoms with E-state index in [2.05, 4.69) is 20.5 Å². The highest BCUT2D eigenvalue weighted by atomic mass is 35.5. The maximum atomic E-state index is 11.9. The van der Waals surface area contributed by atoms with Crippen LogP contribution in [0.25, 0.3) is 0 Å². The number of halogens is 2. The average Bonchev–Trinajstić information content (AvgIpc) is 3.07. The van der Waals surface area contributed by atoms with E-state index in [0.29, 0.717) is 16.5 Å². The molecular weight excluding hydrogens is 443 g/mol. The van der Waals surface area contributed by atoms with Crippen LogP contribution in [-0.2, 0) is 11.2 Å². The summed E-state index contributed by atoms with van der Waals surface area (Å²) in [7, 11) is 1.54. The molecule has 1 amide bonds. The van der Waals surface area contributed by atoms with Crippen molar-refractivity contribution in [3.8, 4) is 0 Å². The van der Waals surface area contributed by atoms with Gasteiger partial charge in [0.05, 0.1) is 5.69 Å². The lowest BCUT2D eigenvalue weighted by molar-refractivity contribution is 0.0692. The van der Waals surface area contributed by atoms with Crippen molar-refractivity contribution in [1.82, 2.24) is 20.5 Å². The van der Waals surface area contributed by atoms with Crippen LogP contribution in [0.4, 0.5) is 4.79 Å². The summed E-state index contributed by atoms with van der Waals surface area (Å²) < 4.78 is 5.64.